The van der Waals surface area contributed by atoms with Gasteiger partial charge < -0.3 is 10.1 Å². The highest BCUT2D eigenvalue weighted by Crippen LogP contribution is 2.37. The number of hydrogen-bond donors (Lipinski definition) is 1. The number of hydrogen-bond acceptors (Lipinski definition) is 3. The second-order valence-corrected chi connectivity index (χ2v) is 5.70. The van der Waals surface area contributed by atoms with Gasteiger partial charge in [-0.25, -0.2) is 0 Å². The largest absolute Gasteiger partial charge is 0.469 e. The second-order valence-electron chi connectivity index (χ2n) is 5.70. The van der Waals surface area contributed by atoms with Crippen LogP contribution in [0.5, 0.6) is 0 Å². The van der Waals surface area contributed by atoms with Gasteiger partial charge in [0.05, 0.1) is 7.11 Å². The van der Waals surface area contributed by atoms with Crippen LogP contribution in [0.25, 0.3) is 0 Å². The summed E-state index contributed by atoms with van der Waals surface area (Å²) in [6.45, 7) is 0. The zero-order chi connectivity index (χ0) is 15.2. The van der Waals surface area contributed by atoms with Gasteiger partial charge in [-0.2, -0.15) is 0 Å². The van der Waals surface area contributed by atoms with Crippen LogP contribution >= 0.6 is 0 Å². The third-order valence-electron chi connectivity index (χ3n) is 4.40. The number of carbonyl (C=O) groups is 2. The van der Waals surface area contributed by atoms with E-state index in [-0.39, 0.29) is 11.9 Å². The number of amides is 1. The fourth-order valence-electron chi connectivity index (χ4n) is 3.07. The first-order valence-corrected chi connectivity index (χ1v) is 7.53. The molecule has 0 unspecified atom stereocenters. The molecule has 1 saturated carbocycles. The van der Waals surface area contributed by atoms with Crippen LogP contribution in [-0.4, -0.2) is 26.0 Å². The SMILES string of the molecule is CNC(=O)c1ccc(C2CCC(CC(=O)OC)CC2)cc1. The average molecular weight is 289 g/mol. The van der Waals surface area contributed by atoms with E-state index in [1.165, 1.54) is 12.7 Å². The van der Waals surface area contributed by atoms with Gasteiger partial charge in [0.2, 0.25) is 0 Å². The van der Waals surface area contributed by atoms with Crippen LogP contribution in [0.2, 0.25) is 0 Å². The predicted octanol–water partition coefficient (Wildman–Crippen LogP) is 2.88. The van der Waals surface area contributed by atoms with Crippen molar-refractivity contribution in [3.63, 3.8) is 0 Å². The Labute approximate surface area is 125 Å². The van der Waals surface area contributed by atoms with Crippen molar-refractivity contribution in [2.75, 3.05) is 14.2 Å². The minimum absolute atomic E-state index is 0.0525. The van der Waals surface area contributed by atoms with E-state index < -0.39 is 0 Å². The van der Waals surface area contributed by atoms with E-state index in [4.69, 9.17) is 4.74 Å². The molecule has 0 atom stereocenters. The minimum atomic E-state index is -0.103. The third kappa shape index (κ3) is 4.06. The van der Waals surface area contributed by atoms with Crippen molar-refractivity contribution in [3.8, 4) is 0 Å². The van der Waals surface area contributed by atoms with Gasteiger partial charge in [0.1, 0.15) is 0 Å². The normalized spacial score (nSPS) is 21.6. The number of benzene rings is 1. The van der Waals surface area contributed by atoms with E-state index >= 15 is 0 Å². The Balaban J connectivity index is 1.90. The lowest BCUT2D eigenvalue weighted by Crippen LogP contribution is -2.18. The Morgan fingerprint density at radius 3 is 2.29 bits per heavy atom. The molecule has 1 aliphatic rings. The summed E-state index contributed by atoms with van der Waals surface area (Å²) in [6, 6.07) is 7.87. The minimum Gasteiger partial charge on any atom is -0.469 e. The van der Waals surface area contributed by atoms with Crippen LogP contribution < -0.4 is 5.32 Å². The predicted molar refractivity (Wildman–Crippen MR) is 81.2 cm³/mol. The Kier molecular flexibility index (Phi) is 5.37. The van der Waals surface area contributed by atoms with Gasteiger partial charge in [-0.1, -0.05) is 12.1 Å². The zero-order valence-electron chi connectivity index (χ0n) is 12.7. The summed E-state index contributed by atoms with van der Waals surface area (Å²) < 4.78 is 4.73. The molecule has 1 fully saturated rings. The lowest BCUT2D eigenvalue weighted by Gasteiger charge is -2.28. The summed E-state index contributed by atoms with van der Waals surface area (Å²) >= 11 is 0. The number of carbonyl (C=O) groups excluding carboxylic acids is 2. The first kappa shape index (κ1) is 15.5. The van der Waals surface area contributed by atoms with Gasteiger partial charge in [0.15, 0.2) is 0 Å². The van der Waals surface area contributed by atoms with Crippen molar-refractivity contribution in [3.05, 3.63) is 35.4 Å². The average Bonchev–Trinajstić information content (AvgIpc) is 2.55. The molecule has 4 nitrogen and oxygen atoms in total. The van der Waals surface area contributed by atoms with Crippen molar-refractivity contribution in [1.82, 2.24) is 5.32 Å². The Morgan fingerprint density at radius 2 is 1.76 bits per heavy atom. The highest BCUT2D eigenvalue weighted by atomic mass is 16.5. The summed E-state index contributed by atoms with van der Waals surface area (Å²) in [5.41, 5.74) is 1.99. The topological polar surface area (TPSA) is 55.4 Å². The van der Waals surface area contributed by atoms with E-state index in [0.717, 1.165) is 25.7 Å². The first-order chi connectivity index (χ1) is 10.1. The summed E-state index contributed by atoms with van der Waals surface area (Å²) in [5, 5.41) is 2.63. The number of nitrogens with one attached hydrogen (secondary N) is 1. The van der Waals surface area contributed by atoms with Crippen LogP contribution in [0, 0.1) is 5.92 Å². The Hall–Kier alpha value is -1.84. The Morgan fingerprint density at radius 1 is 1.14 bits per heavy atom. The van der Waals surface area contributed by atoms with Gasteiger partial charge in [-0.05, 0) is 55.2 Å². The number of ether oxygens (including phenoxy) is 1. The molecule has 1 amide bonds. The van der Waals surface area contributed by atoms with Crippen LogP contribution in [-0.2, 0) is 9.53 Å². The molecule has 1 aliphatic carbocycles. The molecular formula is C17H23NO3. The Bertz CT molecular complexity index is 487. The monoisotopic (exact) mass is 289 g/mol. The van der Waals surface area contributed by atoms with Crippen molar-refractivity contribution in [1.29, 1.82) is 0 Å². The van der Waals surface area contributed by atoms with Gasteiger partial charge in [0, 0.05) is 19.0 Å². The molecule has 0 bridgehead atoms. The molecule has 2 rings (SSSR count). The van der Waals surface area contributed by atoms with E-state index in [2.05, 4.69) is 17.4 Å². The lowest BCUT2D eigenvalue weighted by atomic mass is 9.77. The smallest absolute Gasteiger partial charge is 0.305 e. The molecule has 0 radical (unpaired) electrons. The van der Waals surface area contributed by atoms with Gasteiger partial charge in [0.25, 0.3) is 5.91 Å². The second kappa shape index (κ2) is 7.25. The van der Waals surface area contributed by atoms with Gasteiger partial charge >= 0.3 is 5.97 Å². The quantitative estimate of drug-likeness (QED) is 0.867. The molecule has 4 heteroatoms. The zero-order valence-corrected chi connectivity index (χ0v) is 12.7. The fourth-order valence-corrected chi connectivity index (χ4v) is 3.07. The molecule has 0 aliphatic heterocycles. The standard InChI is InChI=1S/C17H23NO3/c1-18-17(20)15-9-7-14(8-10-15)13-5-3-12(4-6-13)11-16(19)21-2/h7-10,12-13H,3-6,11H2,1-2H3,(H,18,20). The van der Waals surface area contributed by atoms with Crippen LogP contribution in [0.15, 0.2) is 24.3 Å². The number of methoxy groups -OCH3 is 1. The summed E-state index contributed by atoms with van der Waals surface area (Å²) in [7, 11) is 3.08. The van der Waals surface area contributed by atoms with Crippen LogP contribution in [0.3, 0.4) is 0 Å². The highest BCUT2D eigenvalue weighted by molar-refractivity contribution is 5.93. The molecule has 1 N–H and O–H groups in total. The lowest BCUT2D eigenvalue weighted by molar-refractivity contribution is -0.142. The summed E-state index contributed by atoms with van der Waals surface area (Å²) in [6.07, 6.45) is 4.87. The van der Waals surface area contributed by atoms with E-state index in [1.807, 2.05) is 12.1 Å². The molecule has 0 spiro atoms. The molecular weight excluding hydrogens is 266 g/mol. The summed E-state index contributed by atoms with van der Waals surface area (Å²) in [5.74, 6) is 0.841. The molecule has 21 heavy (non-hydrogen) atoms. The van der Waals surface area contributed by atoms with Gasteiger partial charge in [-0.15, -0.1) is 0 Å². The highest BCUT2D eigenvalue weighted by Gasteiger charge is 2.24. The maximum atomic E-state index is 11.5. The van der Waals surface area contributed by atoms with Gasteiger partial charge in [-0.3, -0.25) is 9.59 Å². The molecule has 0 aromatic heterocycles. The van der Waals surface area contributed by atoms with E-state index in [1.54, 1.807) is 7.05 Å². The number of rotatable bonds is 4. The van der Waals surface area contributed by atoms with Crippen molar-refractivity contribution in [2.24, 2.45) is 5.92 Å². The molecule has 0 saturated heterocycles. The van der Waals surface area contributed by atoms with E-state index in [9.17, 15) is 9.59 Å². The fraction of sp³-hybridized carbons (Fsp3) is 0.529. The number of esters is 1. The third-order valence-corrected chi connectivity index (χ3v) is 4.40. The van der Waals surface area contributed by atoms with Crippen LogP contribution in [0.4, 0.5) is 0 Å². The summed E-state index contributed by atoms with van der Waals surface area (Å²) in [4.78, 5) is 22.8. The molecule has 1 aromatic carbocycles. The van der Waals surface area contributed by atoms with Crippen LogP contribution in [0.1, 0.15) is 53.9 Å². The maximum Gasteiger partial charge on any atom is 0.305 e. The maximum absolute atomic E-state index is 11.5. The molecule has 0 heterocycles. The molecule has 114 valence electrons. The first-order valence-electron chi connectivity index (χ1n) is 7.53. The molecule has 1 aromatic rings. The van der Waals surface area contributed by atoms with Crippen molar-refractivity contribution < 1.29 is 14.3 Å². The van der Waals surface area contributed by atoms with Crippen molar-refractivity contribution in [2.45, 2.75) is 38.0 Å². The van der Waals surface area contributed by atoms with E-state index in [0.29, 0.717) is 23.8 Å². The van der Waals surface area contributed by atoms with Crippen molar-refractivity contribution >= 4 is 11.9 Å².